The molecule has 1 saturated heterocycles. The number of nitrogens with one attached hydrogen (secondary N) is 1. The molecule has 0 aromatic carbocycles. The monoisotopic (exact) mass is 171 g/mol. The van der Waals surface area contributed by atoms with Gasteiger partial charge in [0.15, 0.2) is 0 Å². The smallest absolute Gasteiger partial charge is 0.122 e. The van der Waals surface area contributed by atoms with Crippen molar-refractivity contribution < 1.29 is 9.84 Å². The molecule has 0 spiro atoms. The topological polar surface area (TPSA) is 41.5 Å². The molecular weight excluding hydrogens is 154 g/mol. The fourth-order valence-electron chi connectivity index (χ4n) is 1.52. The van der Waals surface area contributed by atoms with Gasteiger partial charge in [0, 0.05) is 0 Å². The van der Waals surface area contributed by atoms with Crippen molar-refractivity contribution in [3.05, 3.63) is 12.3 Å². The Morgan fingerprint density at radius 1 is 1.50 bits per heavy atom. The molecule has 1 aliphatic heterocycles. The van der Waals surface area contributed by atoms with Gasteiger partial charge in [0.05, 0.1) is 7.11 Å². The molecule has 1 heterocycles. The van der Waals surface area contributed by atoms with Crippen molar-refractivity contribution in [1.82, 2.24) is 5.32 Å². The van der Waals surface area contributed by atoms with E-state index < -0.39 is 5.60 Å². The minimum atomic E-state index is -0.807. The molecule has 70 valence electrons. The predicted molar refractivity (Wildman–Crippen MR) is 47.8 cm³/mol. The van der Waals surface area contributed by atoms with Gasteiger partial charge in [0.25, 0.3) is 0 Å². The lowest BCUT2D eigenvalue weighted by Crippen LogP contribution is -2.32. The normalized spacial score (nSPS) is 30.8. The third kappa shape index (κ3) is 1.99. The third-order valence-electron chi connectivity index (χ3n) is 2.42. The van der Waals surface area contributed by atoms with E-state index in [2.05, 4.69) is 11.9 Å². The average Bonchev–Trinajstić information content (AvgIpc) is 2.29. The van der Waals surface area contributed by atoms with E-state index in [1.165, 1.54) is 0 Å². The van der Waals surface area contributed by atoms with E-state index in [1.807, 2.05) is 0 Å². The Balaban J connectivity index is 2.59. The largest absolute Gasteiger partial charge is 0.499 e. The summed E-state index contributed by atoms with van der Waals surface area (Å²) in [5.74, 6) is 0.492. The van der Waals surface area contributed by atoms with Crippen LogP contribution in [0, 0.1) is 0 Å². The molecule has 12 heavy (non-hydrogen) atoms. The summed E-state index contributed by atoms with van der Waals surface area (Å²) in [6.07, 6.45) is 2.41. The molecule has 0 aromatic heterocycles. The Bertz CT molecular complexity index is 160. The van der Waals surface area contributed by atoms with E-state index in [-0.39, 0.29) is 0 Å². The van der Waals surface area contributed by atoms with E-state index in [4.69, 9.17) is 4.74 Å². The van der Waals surface area contributed by atoms with E-state index in [0.717, 1.165) is 25.9 Å². The van der Waals surface area contributed by atoms with Crippen LogP contribution in [0.15, 0.2) is 12.3 Å². The van der Waals surface area contributed by atoms with Crippen molar-refractivity contribution in [3.63, 3.8) is 0 Å². The first kappa shape index (κ1) is 9.55. The molecule has 1 aliphatic rings. The zero-order chi connectivity index (χ0) is 9.03. The van der Waals surface area contributed by atoms with Crippen LogP contribution in [0.2, 0.25) is 0 Å². The maximum absolute atomic E-state index is 10.1. The Hall–Kier alpha value is -0.540. The quantitative estimate of drug-likeness (QED) is 0.599. The van der Waals surface area contributed by atoms with Crippen molar-refractivity contribution in [2.24, 2.45) is 0 Å². The predicted octanol–water partition coefficient (Wildman–Crippen LogP) is 0.651. The molecule has 1 atom stereocenters. The number of hydrogen-bond donors (Lipinski definition) is 2. The molecule has 2 N–H and O–H groups in total. The summed E-state index contributed by atoms with van der Waals surface area (Å²) in [4.78, 5) is 0. The molecule has 1 rings (SSSR count). The van der Waals surface area contributed by atoms with Gasteiger partial charge in [-0.05, 0) is 32.4 Å². The maximum Gasteiger partial charge on any atom is 0.122 e. The van der Waals surface area contributed by atoms with Crippen LogP contribution >= 0.6 is 0 Å². The summed E-state index contributed by atoms with van der Waals surface area (Å²) in [6, 6.07) is 0. The zero-order valence-corrected chi connectivity index (χ0v) is 7.60. The number of methoxy groups -OCH3 is 1. The lowest BCUT2D eigenvalue weighted by molar-refractivity contribution is 0.0136. The van der Waals surface area contributed by atoms with E-state index in [0.29, 0.717) is 12.2 Å². The Labute approximate surface area is 73.4 Å². The zero-order valence-electron chi connectivity index (χ0n) is 7.60. The van der Waals surface area contributed by atoms with Crippen molar-refractivity contribution in [1.29, 1.82) is 0 Å². The van der Waals surface area contributed by atoms with Crippen LogP contribution in [0.25, 0.3) is 0 Å². The van der Waals surface area contributed by atoms with Crippen molar-refractivity contribution in [3.8, 4) is 0 Å². The second-order valence-electron chi connectivity index (χ2n) is 3.26. The SMILES string of the molecule is C=C(OC)C1(O)CCCNCC1. The van der Waals surface area contributed by atoms with Gasteiger partial charge in [0.2, 0.25) is 0 Å². The first-order chi connectivity index (χ1) is 5.69. The molecule has 1 unspecified atom stereocenters. The third-order valence-corrected chi connectivity index (χ3v) is 2.42. The van der Waals surface area contributed by atoms with E-state index in [9.17, 15) is 5.11 Å². The lowest BCUT2D eigenvalue weighted by Gasteiger charge is -2.27. The fourth-order valence-corrected chi connectivity index (χ4v) is 1.52. The minimum absolute atomic E-state index is 0.492. The molecule has 0 aromatic rings. The Morgan fingerprint density at radius 3 is 2.92 bits per heavy atom. The maximum atomic E-state index is 10.1. The number of hydrogen-bond acceptors (Lipinski definition) is 3. The highest BCUT2D eigenvalue weighted by molar-refractivity contribution is 5.06. The highest BCUT2D eigenvalue weighted by atomic mass is 16.5. The second kappa shape index (κ2) is 3.92. The number of aliphatic hydroxyl groups is 1. The molecule has 0 bridgehead atoms. The minimum Gasteiger partial charge on any atom is -0.499 e. The molecule has 3 nitrogen and oxygen atoms in total. The Morgan fingerprint density at radius 2 is 2.25 bits per heavy atom. The first-order valence-corrected chi connectivity index (χ1v) is 4.35. The van der Waals surface area contributed by atoms with Crippen LogP contribution in [-0.4, -0.2) is 30.9 Å². The summed E-state index contributed by atoms with van der Waals surface area (Å²) in [5, 5.41) is 13.3. The van der Waals surface area contributed by atoms with Crippen molar-refractivity contribution >= 4 is 0 Å². The highest BCUT2D eigenvalue weighted by Gasteiger charge is 2.31. The molecule has 0 amide bonds. The molecule has 0 radical (unpaired) electrons. The average molecular weight is 171 g/mol. The van der Waals surface area contributed by atoms with Gasteiger partial charge in [-0.15, -0.1) is 0 Å². The second-order valence-corrected chi connectivity index (χ2v) is 3.26. The number of rotatable bonds is 2. The van der Waals surface area contributed by atoms with Gasteiger partial charge < -0.3 is 15.2 Å². The van der Waals surface area contributed by atoms with Crippen LogP contribution in [-0.2, 0) is 4.74 Å². The Kier molecular flexibility index (Phi) is 3.12. The molecule has 3 heteroatoms. The van der Waals surface area contributed by atoms with Gasteiger partial charge in [-0.2, -0.15) is 0 Å². The summed E-state index contributed by atoms with van der Waals surface area (Å²) in [7, 11) is 1.55. The fraction of sp³-hybridized carbons (Fsp3) is 0.778. The van der Waals surface area contributed by atoms with E-state index >= 15 is 0 Å². The molecule has 0 saturated carbocycles. The van der Waals surface area contributed by atoms with Gasteiger partial charge >= 0.3 is 0 Å². The van der Waals surface area contributed by atoms with Gasteiger partial charge in [-0.25, -0.2) is 0 Å². The molecule has 0 aliphatic carbocycles. The van der Waals surface area contributed by atoms with Gasteiger partial charge in [0.1, 0.15) is 11.4 Å². The van der Waals surface area contributed by atoms with Crippen molar-refractivity contribution in [2.75, 3.05) is 20.2 Å². The summed E-state index contributed by atoms with van der Waals surface area (Å²) >= 11 is 0. The van der Waals surface area contributed by atoms with E-state index in [1.54, 1.807) is 7.11 Å². The van der Waals surface area contributed by atoms with Crippen LogP contribution in [0.4, 0.5) is 0 Å². The standard InChI is InChI=1S/C9H17NO2/c1-8(12-2)9(11)4-3-6-10-7-5-9/h10-11H,1,3-7H2,2H3. The summed E-state index contributed by atoms with van der Waals surface area (Å²) in [5.41, 5.74) is -0.807. The molecule has 1 fully saturated rings. The van der Waals surface area contributed by atoms with Crippen LogP contribution in [0.3, 0.4) is 0 Å². The van der Waals surface area contributed by atoms with Gasteiger partial charge in [-0.1, -0.05) is 6.58 Å². The molecular formula is C9H17NO2. The van der Waals surface area contributed by atoms with Crippen LogP contribution in [0.5, 0.6) is 0 Å². The van der Waals surface area contributed by atoms with Gasteiger partial charge in [-0.3, -0.25) is 0 Å². The van der Waals surface area contributed by atoms with Crippen LogP contribution in [0.1, 0.15) is 19.3 Å². The van der Waals surface area contributed by atoms with Crippen molar-refractivity contribution in [2.45, 2.75) is 24.9 Å². The van der Waals surface area contributed by atoms with Crippen LogP contribution < -0.4 is 5.32 Å². The first-order valence-electron chi connectivity index (χ1n) is 4.35. The number of ether oxygens (including phenoxy) is 1. The highest BCUT2D eigenvalue weighted by Crippen LogP contribution is 2.26. The summed E-state index contributed by atoms with van der Waals surface area (Å²) in [6.45, 7) is 5.51. The lowest BCUT2D eigenvalue weighted by atomic mass is 9.93. The summed E-state index contributed by atoms with van der Waals surface area (Å²) < 4.78 is 4.98.